The van der Waals surface area contributed by atoms with Crippen LogP contribution in [0.25, 0.3) is 22.6 Å². The van der Waals surface area contributed by atoms with Gasteiger partial charge in [-0.2, -0.15) is 5.26 Å². The van der Waals surface area contributed by atoms with Crippen molar-refractivity contribution in [1.29, 1.82) is 5.26 Å². The smallest absolute Gasteiger partial charge is 0.270 e. The molecule has 1 atom stereocenters. The summed E-state index contributed by atoms with van der Waals surface area (Å²) in [6.45, 7) is 3.73. The minimum Gasteiger partial charge on any atom is -0.344 e. The zero-order valence-corrected chi connectivity index (χ0v) is 20.6. The zero-order valence-electron chi connectivity index (χ0n) is 20.6. The maximum atomic E-state index is 12.8. The first-order chi connectivity index (χ1) is 18.5. The molecule has 0 spiro atoms. The van der Waals surface area contributed by atoms with Gasteiger partial charge in [0, 0.05) is 41.3 Å². The van der Waals surface area contributed by atoms with Gasteiger partial charge in [-0.25, -0.2) is 9.97 Å². The summed E-state index contributed by atoms with van der Waals surface area (Å²) in [7, 11) is 0. The molecule has 4 aromatic heterocycles. The van der Waals surface area contributed by atoms with Crippen molar-refractivity contribution in [3.05, 3.63) is 102 Å². The summed E-state index contributed by atoms with van der Waals surface area (Å²) >= 11 is 0. The molecule has 0 aliphatic heterocycles. The van der Waals surface area contributed by atoms with Crippen molar-refractivity contribution in [3.63, 3.8) is 0 Å². The Balaban J connectivity index is 1.26. The van der Waals surface area contributed by atoms with Gasteiger partial charge in [0.05, 0.1) is 11.7 Å². The Morgan fingerprint density at radius 1 is 0.947 bits per heavy atom. The Hall–Kier alpha value is -5.43. The predicted octanol–water partition coefficient (Wildman–Crippen LogP) is 5.00. The molecule has 0 bridgehead atoms. The summed E-state index contributed by atoms with van der Waals surface area (Å²) in [6.07, 6.45) is 3.32. The van der Waals surface area contributed by atoms with Gasteiger partial charge in [0.1, 0.15) is 17.6 Å². The molecule has 10 heteroatoms. The van der Waals surface area contributed by atoms with Crippen LogP contribution in [0.4, 0.5) is 11.6 Å². The van der Waals surface area contributed by atoms with Crippen LogP contribution in [0, 0.1) is 18.3 Å². The molecular formula is C28H22N8O2. The van der Waals surface area contributed by atoms with E-state index >= 15 is 0 Å². The van der Waals surface area contributed by atoms with E-state index in [2.05, 4.69) is 35.7 Å². The summed E-state index contributed by atoms with van der Waals surface area (Å²) in [4.78, 5) is 30.6. The Bertz CT molecular complexity index is 1610. The largest absolute Gasteiger partial charge is 0.344 e. The standard InChI is InChI=1S/C28H22N8O2/c1-17-12-25(34-26-13-22(14-29)38-36-26)35-27(32-17)21-9-11-24(31-16-21)28(37)33-18(2)20-8-10-23(30-15-20)19-6-4-3-5-7-19/h3-13,15-16,18H,1-2H3,(H,33,37)(H,32,34,35,36). The summed E-state index contributed by atoms with van der Waals surface area (Å²) in [5, 5.41) is 18.6. The SMILES string of the molecule is Cc1cc(Nc2cc(C#N)on2)nc(-c2ccc(C(=O)NC(C)c3ccc(-c4ccccc4)nc3)nc2)n1. The fourth-order valence-corrected chi connectivity index (χ4v) is 3.74. The summed E-state index contributed by atoms with van der Waals surface area (Å²) in [5.41, 5.74) is 4.41. The number of benzene rings is 1. The third-order valence-electron chi connectivity index (χ3n) is 5.69. The van der Waals surface area contributed by atoms with Crippen LogP contribution in [0.5, 0.6) is 0 Å². The summed E-state index contributed by atoms with van der Waals surface area (Å²) < 4.78 is 4.88. The fourth-order valence-electron chi connectivity index (χ4n) is 3.74. The number of anilines is 2. The molecule has 2 N–H and O–H groups in total. The highest BCUT2D eigenvalue weighted by atomic mass is 16.5. The number of hydrogen-bond donors (Lipinski definition) is 2. The lowest BCUT2D eigenvalue weighted by atomic mass is 10.1. The number of nitrogens with zero attached hydrogens (tertiary/aromatic N) is 6. The van der Waals surface area contributed by atoms with Crippen LogP contribution < -0.4 is 10.6 Å². The van der Waals surface area contributed by atoms with Crippen LogP contribution in [0.2, 0.25) is 0 Å². The number of aryl methyl sites for hydroxylation is 1. The lowest BCUT2D eigenvalue weighted by Gasteiger charge is -2.14. The highest BCUT2D eigenvalue weighted by Crippen LogP contribution is 2.22. The molecule has 5 aromatic rings. The first-order valence-corrected chi connectivity index (χ1v) is 11.8. The predicted molar refractivity (Wildman–Crippen MR) is 140 cm³/mol. The second-order valence-corrected chi connectivity index (χ2v) is 8.50. The monoisotopic (exact) mass is 502 g/mol. The summed E-state index contributed by atoms with van der Waals surface area (Å²) in [6, 6.07) is 22.0. The van der Waals surface area contributed by atoms with Crippen molar-refractivity contribution in [2.75, 3.05) is 5.32 Å². The van der Waals surface area contributed by atoms with Crippen LogP contribution in [-0.2, 0) is 0 Å². The molecule has 0 saturated carbocycles. The van der Waals surface area contributed by atoms with E-state index in [-0.39, 0.29) is 23.4 Å². The first kappa shape index (κ1) is 24.3. The Kier molecular flexibility index (Phi) is 6.82. The number of nitrogens with one attached hydrogen (secondary N) is 2. The third kappa shape index (κ3) is 5.52. The molecule has 5 rings (SSSR count). The van der Waals surface area contributed by atoms with Gasteiger partial charge in [-0.1, -0.05) is 41.6 Å². The van der Waals surface area contributed by atoms with Crippen molar-refractivity contribution >= 4 is 17.5 Å². The third-order valence-corrected chi connectivity index (χ3v) is 5.69. The number of pyridine rings is 2. The molecule has 0 fully saturated rings. The van der Waals surface area contributed by atoms with Crippen LogP contribution in [0.3, 0.4) is 0 Å². The number of hydrogen-bond acceptors (Lipinski definition) is 9. The van der Waals surface area contributed by atoms with Crippen LogP contribution in [0.1, 0.15) is 40.5 Å². The lowest BCUT2D eigenvalue weighted by molar-refractivity contribution is 0.0935. The average molecular weight is 503 g/mol. The van der Waals surface area contributed by atoms with Gasteiger partial charge in [0.15, 0.2) is 11.6 Å². The van der Waals surface area contributed by atoms with E-state index in [1.807, 2.05) is 62.4 Å². The molecule has 0 aliphatic rings. The number of rotatable bonds is 7. The molecule has 1 aromatic carbocycles. The van der Waals surface area contributed by atoms with Crippen LogP contribution in [0.15, 0.2) is 83.6 Å². The fraction of sp³-hybridized carbons (Fsp3) is 0.107. The van der Waals surface area contributed by atoms with Crippen molar-refractivity contribution in [3.8, 4) is 28.7 Å². The molecular weight excluding hydrogens is 480 g/mol. The van der Waals surface area contributed by atoms with Crippen LogP contribution >= 0.6 is 0 Å². The van der Waals surface area contributed by atoms with Crippen LogP contribution in [-0.4, -0.2) is 31.0 Å². The second-order valence-electron chi connectivity index (χ2n) is 8.50. The van der Waals surface area contributed by atoms with Gasteiger partial charge in [-0.3, -0.25) is 14.8 Å². The van der Waals surface area contributed by atoms with Gasteiger partial charge in [-0.05, 0) is 37.6 Å². The van der Waals surface area contributed by atoms with E-state index in [4.69, 9.17) is 9.78 Å². The number of nitriles is 1. The Morgan fingerprint density at radius 3 is 2.47 bits per heavy atom. The van der Waals surface area contributed by atoms with E-state index in [0.717, 1.165) is 16.8 Å². The van der Waals surface area contributed by atoms with Gasteiger partial charge >= 0.3 is 0 Å². The van der Waals surface area contributed by atoms with E-state index in [1.54, 1.807) is 30.6 Å². The molecule has 0 aliphatic carbocycles. The highest BCUT2D eigenvalue weighted by Gasteiger charge is 2.15. The first-order valence-electron chi connectivity index (χ1n) is 11.8. The molecule has 0 saturated heterocycles. The van der Waals surface area contributed by atoms with E-state index in [1.165, 1.54) is 6.07 Å². The molecule has 10 nitrogen and oxygen atoms in total. The van der Waals surface area contributed by atoms with Crippen molar-refractivity contribution in [2.24, 2.45) is 0 Å². The second kappa shape index (κ2) is 10.7. The topological polar surface area (TPSA) is 143 Å². The van der Waals surface area contributed by atoms with Gasteiger partial charge in [0.25, 0.3) is 5.91 Å². The van der Waals surface area contributed by atoms with Crippen molar-refractivity contribution in [2.45, 2.75) is 19.9 Å². The molecule has 4 heterocycles. The lowest BCUT2D eigenvalue weighted by Crippen LogP contribution is -2.27. The molecule has 186 valence electrons. The molecule has 1 amide bonds. The zero-order chi connectivity index (χ0) is 26.5. The summed E-state index contributed by atoms with van der Waals surface area (Å²) in [5.74, 6) is 1.05. The van der Waals surface area contributed by atoms with Crippen molar-refractivity contribution in [1.82, 2.24) is 30.4 Å². The Morgan fingerprint density at radius 2 is 1.79 bits per heavy atom. The number of aromatic nitrogens is 5. The minimum atomic E-state index is -0.303. The van der Waals surface area contributed by atoms with E-state index in [9.17, 15) is 4.79 Å². The van der Waals surface area contributed by atoms with E-state index < -0.39 is 0 Å². The molecule has 0 radical (unpaired) electrons. The number of carbonyl (C=O) groups excluding carboxylic acids is 1. The van der Waals surface area contributed by atoms with Gasteiger partial charge in [0.2, 0.25) is 5.76 Å². The minimum absolute atomic E-state index is 0.0892. The maximum Gasteiger partial charge on any atom is 0.270 e. The van der Waals surface area contributed by atoms with Gasteiger partial charge < -0.3 is 15.2 Å². The quantitative estimate of drug-likeness (QED) is 0.314. The number of amides is 1. The number of carbonyl (C=O) groups is 1. The normalized spacial score (nSPS) is 11.4. The molecule has 38 heavy (non-hydrogen) atoms. The van der Waals surface area contributed by atoms with Crippen molar-refractivity contribution < 1.29 is 9.32 Å². The van der Waals surface area contributed by atoms with E-state index in [0.29, 0.717) is 28.7 Å². The molecule has 1 unspecified atom stereocenters. The highest BCUT2D eigenvalue weighted by molar-refractivity contribution is 5.92. The average Bonchev–Trinajstić information content (AvgIpc) is 3.41. The maximum absolute atomic E-state index is 12.8. The van der Waals surface area contributed by atoms with Gasteiger partial charge in [-0.15, -0.1) is 0 Å². The Labute approximate surface area is 218 Å².